The van der Waals surface area contributed by atoms with E-state index in [1.54, 1.807) is 11.9 Å². The summed E-state index contributed by atoms with van der Waals surface area (Å²) < 4.78 is 3.33. The van der Waals surface area contributed by atoms with E-state index in [9.17, 15) is 0 Å². The Kier molecular flexibility index (Phi) is 1.66. The van der Waals surface area contributed by atoms with Crippen LogP contribution in [-0.4, -0.2) is 0 Å². The van der Waals surface area contributed by atoms with Crippen molar-refractivity contribution < 1.29 is 0 Å². The number of hydrogen-bond acceptors (Lipinski definition) is 2. The van der Waals surface area contributed by atoms with Gasteiger partial charge in [-0.3, -0.25) is 4.72 Å². The molecule has 58 valence electrons. The highest BCUT2D eigenvalue weighted by atomic mass is 32.2. The molecule has 1 heterocycles. The van der Waals surface area contributed by atoms with Crippen molar-refractivity contribution >= 4 is 11.9 Å². The largest absolute Gasteiger partial charge is 0.253 e. The average Bonchev–Trinajstić information content (AvgIpc) is 2.32. The van der Waals surface area contributed by atoms with Gasteiger partial charge in [0.25, 0.3) is 0 Å². The third-order valence-electron chi connectivity index (χ3n) is 1.98. The molecule has 0 unspecified atom stereocenters. The van der Waals surface area contributed by atoms with E-state index in [0.29, 0.717) is 6.04 Å². The Morgan fingerprint density at radius 1 is 1.45 bits per heavy atom. The minimum atomic E-state index is 0.510. The molecule has 1 N–H and O–H groups in total. The van der Waals surface area contributed by atoms with Gasteiger partial charge in [-0.1, -0.05) is 12.1 Å². The summed E-state index contributed by atoms with van der Waals surface area (Å²) in [6.45, 7) is 4.32. The summed E-state index contributed by atoms with van der Waals surface area (Å²) in [5.74, 6) is 0. The summed E-state index contributed by atoms with van der Waals surface area (Å²) in [5.41, 5.74) is 2.77. The SMILES string of the molecule is Cc1ccc2c(c1)SN[C@@H]2C. The van der Waals surface area contributed by atoms with Crippen molar-refractivity contribution in [2.75, 3.05) is 0 Å². The van der Waals surface area contributed by atoms with Crippen molar-refractivity contribution in [3.05, 3.63) is 29.3 Å². The molecular formula is C9H11NS. The van der Waals surface area contributed by atoms with E-state index in [1.165, 1.54) is 16.0 Å². The van der Waals surface area contributed by atoms with Crippen LogP contribution in [0, 0.1) is 6.92 Å². The van der Waals surface area contributed by atoms with E-state index in [-0.39, 0.29) is 0 Å². The highest BCUT2D eigenvalue weighted by Crippen LogP contribution is 2.34. The number of benzene rings is 1. The molecule has 1 aromatic carbocycles. The standard InChI is InChI=1S/C9H11NS/c1-6-3-4-8-7(2)10-11-9(8)5-6/h3-5,7,10H,1-2H3/t7-/m1/s1. The Bertz CT molecular complexity index is 283. The maximum atomic E-state index is 3.33. The normalized spacial score (nSPS) is 21.8. The molecule has 0 saturated heterocycles. The zero-order valence-electron chi connectivity index (χ0n) is 6.72. The van der Waals surface area contributed by atoms with Gasteiger partial charge in [-0.25, -0.2) is 0 Å². The predicted octanol–water partition coefficient (Wildman–Crippen LogP) is 2.67. The van der Waals surface area contributed by atoms with Gasteiger partial charge < -0.3 is 0 Å². The third-order valence-corrected chi connectivity index (χ3v) is 3.03. The first-order chi connectivity index (χ1) is 5.27. The molecule has 0 bridgehead atoms. The molecule has 1 aromatic rings. The van der Waals surface area contributed by atoms with Crippen LogP contribution in [0.1, 0.15) is 24.1 Å². The molecule has 1 atom stereocenters. The van der Waals surface area contributed by atoms with Crippen molar-refractivity contribution in [2.45, 2.75) is 24.8 Å². The molecule has 0 aliphatic carbocycles. The van der Waals surface area contributed by atoms with E-state index >= 15 is 0 Å². The molecule has 0 aromatic heterocycles. The Balaban J connectivity index is 2.50. The van der Waals surface area contributed by atoms with E-state index in [4.69, 9.17) is 0 Å². The van der Waals surface area contributed by atoms with E-state index in [1.807, 2.05) is 0 Å². The van der Waals surface area contributed by atoms with Crippen LogP contribution in [0.4, 0.5) is 0 Å². The highest BCUT2D eigenvalue weighted by Gasteiger charge is 2.17. The molecular weight excluding hydrogens is 154 g/mol. The van der Waals surface area contributed by atoms with Crippen molar-refractivity contribution in [2.24, 2.45) is 0 Å². The fourth-order valence-electron chi connectivity index (χ4n) is 1.30. The quantitative estimate of drug-likeness (QED) is 0.593. The zero-order valence-corrected chi connectivity index (χ0v) is 7.53. The molecule has 11 heavy (non-hydrogen) atoms. The first-order valence-corrected chi connectivity index (χ1v) is 4.62. The summed E-state index contributed by atoms with van der Waals surface area (Å²) in [5, 5.41) is 0. The average molecular weight is 165 g/mol. The Hall–Kier alpha value is -0.470. The molecule has 0 radical (unpaired) electrons. The highest BCUT2D eigenvalue weighted by molar-refractivity contribution is 7.97. The topological polar surface area (TPSA) is 12.0 Å². The van der Waals surface area contributed by atoms with Gasteiger partial charge >= 0.3 is 0 Å². The first kappa shape index (κ1) is 7.19. The van der Waals surface area contributed by atoms with E-state index in [2.05, 4.69) is 36.8 Å². The van der Waals surface area contributed by atoms with Gasteiger partial charge in [0.2, 0.25) is 0 Å². The zero-order chi connectivity index (χ0) is 7.84. The van der Waals surface area contributed by atoms with Crippen LogP contribution in [0.3, 0.4) is 0 Å². The molecule has 0 fully saturated rings. The lowest BCUT2D eigenvalue weighted by atomic mass is 10.1. The molecule has 0 amide bonds. The lowest BCUT2D eigenvalue weighted by Gasteiger charge is -2.01. The van der Waals surface area contributed by atoms with Gasteiger partial charge in [0.05, 0.1) is 0 Å². The number of rotatable bonds is 0. The Morgan fingerprint density at radius 3 is 3.09 bits per heavy atom. The van der Waals surface area contributed by atoms with Crippen molar-refractivity contribution in [1.82, 2.24) is 4.72 Å². The van der Waals surface area contributed by atoms with Gasteiger partial charge in [0, 0.05) is 10.9 Å². The van der Waals surface area contributed by atoms with Gasteiger partial charge in [-0.2, -0.15) is 0 Å². The van der Waals surface area contributed by atoms with Gasteiger partial charge in [0.1, 0.15) is 0 Å². The second-order valence-electron chi connectivity index (χ2n) is 2.98. The van der Waals surface area contributed by atoms with Crippen LogP contribution in [0.25, 0.3) is 0 Å². The van der Waals surface area contributed by atoms with E-state index in [0.717, 1.165) is 0 Å². The number of aryl methyl sites for hydroxylation is 1. The predicted molar refractivity (Wildman–Crippen MR) is 48.6 cm³/mol. The Morgan fingerprint density at radius 2 is 2.27 bits per heavy atom. The number of nitrogens with one attached hydrogen (secondary N) is 1. The monoisotopic (exact) mass is 165 g/mol. The van der Waals surface area contributed by atoms with E-state index < -0.39 is 0 Å². The van der Waals surface area contributed by atoms with Crippen molar-refractivity contribution in [3.8, 4) is 0 Å². The molecule has 0 spiro atoms. The Labute approximate surface area is 71.3 Å². The minimum Gasteiger partial charge on any atom is -0.253 e. The summed E-state index contributed by atoms with van der Waals surface area (Å²) >= 11 is 1.74. The maximum Gasteiger partial charge on any atom is 0.0408 e. The smallest absolute Gasteiger partial charge is 0.0408 e. The fourth-order valence-corrected chi connectivity index (χ4v) is 2.34. The van der Waals surface area contributed by atoms with Gasteiger partial charge in [-0.15, -0.1) is 0 Å². The summed E-state index contributed by atoms with van der Waals surface area (Å²) in [6, 6.07) is 7.12. The summed E-state index contributed by atoms with van der Waals surface area (Å²) in [6.07, 6.45) is 0. The second kappa shape index (κ2) is 2.54. The van der Waals surface area contributed by atoms with Crippen LogP contribution < -0.4 is 4.72 Å². The van der Waals surface area contributed by atoms with Crippen LogP contribution in [-0.2, 0) is 0 Å². The molecule has 2 heteroatoms. The van der Waals surface area contributed by atoms with Crippen LogP contribution in [0.15, 0.2) is 23.1 Å². The lowest BCUT2D eigenvalue weighted by Crippen LogP contribution is -2.01. The minimum absolute atomic E-state index is 0.510. The second-order valence-corrected chi connectivity index (χ2v) is 3.86. The van der Waals surface area contributed by atoms with Crippen LogP contribution in [0.2, 0.25) is 0 Å². The molecule has 0 saturated carbocycles. The molecule has 1 aliphatic rings. The molecule has 1 nitrogen and oxygen atoms in total. The van der Waals surface area contributed by atoms with Crippen LogP contribution in [0.5, 0.6) is 0 Å². The molecule has 1 aliphatic heterocycles. The van der Waals surface area contributed by atoms with Gasteiger partial charge in [-0.05, 0) is 43.0 Å². The summed E-state index contributed by atoms with van der Waals surface area (Å²) in [4.78, 5) is 1.39. The fraction of sp³-hybridized carbons (Fsp3) is 0.333. The maximum absolute atomic E-state index is 3.33. The van der Waals surface area contributed by atoms with Gasteiger partial charge in [0.15, 0.2) is 0 Å². The first-order valence-electron chi connectivity index (χ1n) is 3.80. The van der Waals surface area contributed by atoms with Crippen LogP contribution >= 0.6 is 11.9 Å². The molecule has 2 rings (SSSR count). The number of hydrogen-bond donors (Lipinski definition) is 1. The lowest BCUT2D eigenvalue weighted by molar-refractivity contribution is 0.765. The van der Waals surface area contributed by atoms with Crippen molar-refractivity contribution in [3.63, 3.8) is 0 Å². The summed E-state index contributed by atoms with van der Waals surface area (Å²) in [7, 11) is 0. The third kappa shape index (κ3) is 1.17. The van der Waals surface area contributed by atoms with Crippen molar-refractivity contribution in [1.29, 1.82) is 0 Å². The number of fused-ring (bicyclic) bond motifs is 1.